The zero-order chi connectivity index (χ0) is 12.1. The molecule has 1 aromatic rings. The van der Waals surface area contributed by atoms with E-state index in [2.05, 4.69) is 11.4 Å². The molecule has 2 unspecified atom stereocenters. The Morgan fingerprint density at radius 1 is 1.44 bits per heavy atom. The fraction of sp³-hybridized carbons (Fsp3) is 0.417. The van der Waals surface area contributed by atoms with Crippen LogP contribution in [-0.2, 0) is 0 Å². The smallest absolute Gasteiger partial charge is 0.130 e. The van der Waals surface area contributed by atoms with Crippen molar-refractivity contribution in [3.63, 3.8) is 0 Å². The molecule has 0 aliphatic rings. The molecule has 0 bridgehead atoms. The van der Waals surface area contributed by atoms with Gasteiger partial charge in [-0.25, -0.2) is 8.78 Å². The molecule has 2 atom stereocenters. The fourth-order valence-corrected chi connectivity index (χ4v) is 1.73. The van der Waals surface area contributed by atoms with Gasteiger partial charge in [-0.05, 0) is 19.5 Å². The van der Waals surface area contributed by atoms with Crippen LogP contribution in [0.2, 0.25) is 0 Å². The van der Waals surface area contributed by atoms with Gasteiger partial charge in [0.1, 0.15) is 11.6 Å². The van der Waals surface area contributed by atoms with Crippen molar-refractivity contribution in [2.24, 2.45) is 5.92 Å². The average molecular weight is 224 g/mol. The van der Waals surface area contributed by atoms with Gasteiger partial charge in [0, 0.05) is 11.6 Å². The fourth-order valence-electron chi connectivity index (χ4n) is 1.73. The zero-order valence-electron chi connectivity index (χ0n) is 9.30. The molecule has 2 nitrogen and oxygen atoms in total. The van der Waals surface area contributed by atoms with Crippen molar-refractivity contribution >= 4 is 0 Å². The molecule has 0 heterocycles. The van der Waals surface area contributed by atoms with Crippen LogP contribution in [0.15, 0.2) is 18.2 Å². The topological polar surface area (TPSA) is 35.8 Å². The first-order chi connectivity index (χ1) is 7.63. The molecule has 0 saturated carbocycles. The third kappa shape index (κ3) is 2.56. The molecular formula is C12H14F2N2. The molecular weight excluding hydrogens is 210 g/mol. The Labute approximate surface area is 93.9 Å². The number of benzene rings is 1. The first-order valence-electron chi connectivity index (χ1n) is 5.15. The monoisotopic (exact) mass is 224 g/mol. The number of hydrogen-bond acceptors (Lipinski definition) is 2. The van der Waals surface area contributed by atoms with Crippen LogP contribution in [0, 0.1) is 28.9 Å². The Balaban J connectivity index is 3.09. The van der Waals surface area contributed by atoms with Crippen LogP contribution in [-0.4, -0.2) is 7.05 Å². The first kappa shape index (κ1) is 12.6. The van der Waals surface area contributed by atoms with E-state index in [4.69, 9.17) is 5.26 Å². The lowest BCUT2D eigenvalue weighted by Crippen LogP contribution is -2.25. The van der Waals surface area contributed by atoms with Gasteiger partial charge in [-0.2, -0.15) is 5.26 Å². The van der Waals surface area contributed by atoms with Crippen molar-refractivity contribution in [1.82, 2.24) is 5.32 Å². The minimum Gasteiger partial charge on any atom is -0.312 e. The summed E-state index contributed by atoms with van der Waals surface area (Å²) in [7, 11) is 1.66. The van der Waals surface area contributed by atoms with Gasteiger partial charge in [0.15, 0.2) is 0 Å². The summed E-state index contributed by atoms with van der Waals surface area (Å²) in [6.07, 6.45) is 0.610. The van der Waals surface area contributed by atoms with Gasteiger partial charge >= 0.3 is 0 Å². The van der Waals surface area contributed by atoms with Crippen LogP contribution in [0.3, 0.4) is 0 Å². The highest BCUT2D eigenvalue weighted by molar-refractivity contribution is 5.24. The largest absolute Gasteiger partial charge is 0.312 e. The summed E-state index contributed by atoms with van der Waals surface area (Å²) in [6, 6.07) is 5.13. The highest BCUT2D eigenvalue weighted by atomic mass is 19.1. The van der Waals surface area contributed by atoms with E-state index in [1.54, 1.807) is 7.05 Å². The maximum atomic E-state index is 13.5. The van der Waals surface area contributed by atoms with E-state index in [-0.39, 0.29) is 5.92 Å². The summed E-state index contributed by atoms with van der Waals surface area (Å²) < 4.78 is 26.3. The van der Waals surface area contributed by atoms with Crippen molar-refractivity contribution in [2.45, 2.75) is 19.4 Å². The van der Waals surface area contributed by atoms with E-state index in [0.717, 1.165) is 6.07 Å². The maximum absolute atomic E-state index is 13.5. The molecule has 0 saturated heterocycles. The molecule has 0 aliphatic heterocycles. The lowest BCUT2D eigenvalue weighted by molar-refractivity contribution is 0.428. The lowest BCUT2D eigenvalue weighted by Gasteiger charge is -2.21. The quantitative estimate of drug-likeness (QED) is 0.853. The van der Waals surface area contributed by atoms with E-state index in [0.29, 0.717) is 12.0 Å². The van der Waals surface area contributed by atoms with E-state index in [9.17, 15) is 8.78 Å². The number of hydrogen-bond donors (Lipinski definition) is 1. The third-order valence-electron chi connectivity index (χ3n) is 2.62. The Hall–Kier alpha value is -1.47. The summed E-state index contributed by atoms with van der Waals surface area (Å²) in [6.45, 7) is 1.86. The summed E-state index contributed by atoms with van der Waals surface area (Å²) in [5.41, 5.74) is 0.331. The zero-order valence-corrected chi connectivity index (χ0v) is 9.30. The molecule has 1 N–H and O–H groups in total. The van der Waals surface area contributed by atoms with E-state index in [1.165, 1.54) is 12.1 Å². The SMILES string of the molecule is CCC(C#N)C(NC)c1ccc(F)cc1F. The molecule has 0 aliphatic carbocycles. The summed E-state index contributed by atoms with van der Waals surface area (Å²) in [4.78, 5) is 0. The molecule has 1 aromatic carbocycles. The average Bonchev–Trinajstić information content (AvgIpc) is 2.27. The second-order valence-electron chi connectivity index (χ2n) is 3.58. The number of nitrogens with zero attached hydrogens (tertiary/aromatic N) is 1. The molecule has 1 rings (SSSR count). The maximum Gasteiger partial charge on any atom is 0.130 e. The Bertz CT molecular complexity index is 398. The number of nitriles is 1. The molecule has 0 aromatic heterocycles. The van der Waals surface area contributed by atoms with Crippen molar-refractivity contribution < 1.29 is 8.78 Å². The van der Waals surface area contributed by atoms with Crippen LogP contribution in [0.1, 0.15) is 24.9 Å². The van der Waals surface area contributed by atoms with Crippen LogP contribution >= 0.6 is 0 Å². The predicted molar refractivity (Wildman–Crippen MR) is 57.6 cm³/mol. The van der Waals surface area contributed by atoms with Gasteiger partial charge in [0.25, 0.3) is 0 Å². The first-order valence-corrected chi connectivity index (χ1v) is 5.15. The highest BCUT2D eigenvalue weighted by Gasteiger charge is 2.22. The number of nitrogens with one attached hydrogen (secondary N) is 1. The van der Waals surface area contributed by atoms with E-state index in [1.807, 2.05) is 6.92 Å². The molecule has 16 heavy (non-hydrogen) atoms. The predicted octanol–water partition coefficient (Wildman–Crippen LogP) is 2.78. The summed E-state index contributed by atoms with van der Waals surface area (Å²) in [5.74, 6) is -1.56. The Morgan fingerprint density at radius 2 is 2.12 bits per heavy atom. The standard InChI is InChI=1S/C12H14F2N2/c1-3-8(7-15)12(16-2)10-5-4-9(13)6-11(10)14/h4-6,8,12,16H,3H2,1-2H3. The van der Waals surface area contributed by atoms with Crippen molar-refractivity contribution in [1.29, 1.82) is 5.26 Å². The van der Waals surface area contributed by atoms with Crippen molar-refractivity contribution in [3.05, 3.63) is 35.4 Å². The van der Waals surface area contributed by atoms with Gasteiger partial charge < -0.3 is 5.32 Å². The van der Waals surface area contributed by atoms with Crippen molar-refractivity contribution in [3.8, 4) is 6.07 Å². The molecule has 4 heteroatoms. The molecule has 0 spiro atoms. The number of halogens is 2. The van der Waals surface area contributed by atoms with Crippen molar-refractivity contribution in [2.75, 3.05) is 7.05 Å². The third-order valence-corrected chi connectivity index (χ3v) is 2.62. The molecule has 0 amide bonds. The van der Waals surface area contributed by atoms with E-state index >= 15 is 0 Å². The Kier molecular flexibility index (Phi) is 4.39. The van der Waals surface area contributed by atoms with E-state index < -0.39 is 17.7 Å². The second kappa shape index (κ2) is 5.57. The van der Waals surface area contributed by atoms with Gasteiger partial charge in [-0.15, -0.1) is 0 Å². The summed E-state index contributed by atoms with van der Waals surface area (Å²) >= 11 is 0. The van der Waals surface area contributed by atoms with Gasteiger partial charge in [0.05, 0.1) is 18.0 Å². The van der Waals surface area contributed by atoms with Crippen LogP contribution in [0.4, 0.5) is 8.78 Å². The van der Waals surface area contributed by atoms with Gasteiger partial charge in [-0.3, -0.25) is 0 Å². The number of rotatable bonds is 4. The summed E-state index contributed by atoms with van der Waals surface area (Å²) in [5, 5.41) is 11.8. The lowest BCUT2D eigenvalue weighted by atomic mass is 9.92. The second-order valence-corrected chi connectivity index (χ2v) is 3.58. The molecule has 0 radical (unpaired) electrons. The van der Waals surface area contributed by atoms with Crippen LogP contribution in [0.25, 0.3) is 0 Å². The van der Waals surface area contributed by atoms with Crippen LogP contribution < -0.4 is 5.32 Å². The Morgan fingerprint density at radius 3 is 2.56 bits per heavy atom. The van der Waals surface area contributed by atoms with Crippen LogP contribution in [0.5, 0.6) is 0 Å². The normalized spacial score (nSPS) is 14.2. The van der Waals surface area contributed by atoms with Gasteiger partial charge in [0.2, 0.25) is 0 Å². The van der Waals surface area contributed by atoms with Gasteiger partial charge in [-0.1, -0.05) is 13.0 Å². The minimum absolute atomic E-state index is 0.329. The highest BCUT2D eigenvalue weighted by Crippen LogP contribution is 2.26. The molecule has 0 fully saturated rings. The molecule has 86 valence electrons. The minimum atomic E-state index is -0.618.